The van der Waals surface area contributed by atoms with Crippen LogP contribution in [-0.4, -0.2) is 69.0 Å². The molecule has 7 heteroatoms. The number of carbonyl (C=O) groups is 1. The number of nitrogens with zero attached hydrogens (tertiary/aromatic N) is 1. The number of sulfone groups is 1. The van der Waals surface area contributed by atoms with Gasteiger partial charge in [-0.05, 0) is 13.3 Å². The Bertz CT molecular complexity index is 417. The van der Waals surface area contributed by atoms with E-state index < -0.39 is 15.4 Å². The molecule has 0 aromatic rings. The molecule has 18 heavy (non-hydrogen) atoms. The second-order valence-corrected chi connectivity index (χ2v) is 7.66. The van der Waals surface area contributed by atoms with Crippen molar-refractivity contribution in [1.29, 1.82) is 0 Å². The fourth-order valence-corrected chi connectivity index (χ4v) is 4.65. The Morgan fingerprint density at radius 3 is 2.61 bits per heavy atom. The molecular formula is C11H21N3O3S. The molecule has 0 radical (unpaired) electrons. The summed E-state index contributed by atoms with van der Waals surface area (Å²) in [5.41, 5.74) is -0.579. The normalized spacial score (nSPS) is 32.3. The van der Waals surface area contributed by atoms with Gasteiger partial charge in [0.15, 0.2) is 9.84 Å². The lowest BCUT2D eigenvalue weighted by Gasteiger charge is -2.29. The molecule has 6 nitrogen and oxygen atoms in total. The first-order chi connectivity index (χ1) is 8.39. The molecule has 0 aliphatic carbocycles. The summed E-state index contributed by atoms with van der Waals surface area (Å²) in [6.07, 6.45) is 0.516. The Hall–Kier alpha value is -0.660. The number of amides is 1. The molecule has 0 bridgehead atoms. The minimum atomic E-state index is -2.97. The van der Waals surface area contributed by atoms with Gasteiger partial charge in [-0.15, -0.1) is 0 Å². The smallest absolute Gasteiger partial charge is 0.234 e. The van der Waals surface area contributed by atoms with Gasteiger partial charge in [-0.3, -0.25) is 9.69 Å². The van der Waals surface area contributed by atoms with Crippen molar-refractivity contribution in [1.82, 2.24) is 15.5 Å². The highest BCUT2D eigenvalue weighted by Crippen LogP contribution is 2.22. The fraction of sp³-hybridized carbons (Fsp3) is 0.909. The second-order valence-electron chi connectivity index (χ2n) is 5.48. The first-order valence-corrected chi connectivity index (χ1v) is 8.15. The molecule has 2 rings (SSSR count). The predicted molar refractivity (Wildman–Crippen MR) is 69.1 cm³/mol. The second kappa shape index (κ2) is 5.14. The van der Waals surface area contributed by atoms with E-state index in [1.54, 1.807) is 0 Å². The molecule has 2 fully saturated rings. The van der Waals surface area contributed by atoms with E-state index >= 15 is 0 Å². The first-order valence-electron chi connectivity index (χ1n) is 6.33. The summed E-state index contributed by atoms with van der Waals surface area (Å²) in [6, 6.07) is 0. The van der Waals surface area contributed by atoms with E-state index in [1.165, 1.54) is 0 Å². The summed E-state index contributed by atoms with van der Waals surface area (Å²) in [7, 11) is -2.97. The number of nitrogens with one attached hydrogen (secondary N) is 2. The lowest BCUT2D eigenvalue weighted by Crippen LogP contribution is -2.53. The van der Waals surface area contributed by atoms with Gasteiger partial charge in [-0.2, -0.15) is 0 Å². The summed E-state index contributed by atoms with van der Waals surface area (Å²) in [5.74, 6) is 0.168. The van der Waals surface area contributed by atoms with Crippen LogP contribution in [0.5, 0.6) is 0 Å². The van der Waals surface area contributed by atoms with E-state index in [1.807, 2.05) is 6.92 Å². The average molecular weight is 275 g/mol. The predicted octanol–water partition coefficient (Wildman–Crippen LogP) is -1.41. The number of carbonyl (C=O) groups excluding carboxylic acids is 1. The topological polar surface area (TPSA) is 78.5 Å². The lowest BCUT2D eigenvalue weighted by atomic mass is 10.0. The van der Waals surface area contributed by atoms with Gasteiger partial charge in [0.25, 0.3) is 0 Å². The molecule has 1 unspecified atom stereocenters. The average Bonchev–Trinajstić information content (AvgIpc) is 2.53. The summed E-state index contributed by atoms with van der Waals surface area (Å²) in [5, 5.41) is 6.10. The van der Waals surface area contributed by atoms with Crippen LogP contribution in [0.15, 0.2) is 0 Å². The van der Waals surface area contributed by atoms with Crippen LogP contribution in [-0.2, 0) is 14.6 Å². The summed E-state index contributed by atoms with van der Waals surface area (Å²) in [4.78, 5) is 14.0. The Kier molecular flexibility index (Phi) is 3.93. The summed E-state index contributed by atoms with van der Waals surface area (Å²) < 4.78 is 22.9. The van der Waals surface area contributed by atoms with E-state index in [4.69, 9.17) is 0 Å². The van der Waals surface area contributed by atoms with Crippen molar-refractivity contribution < 1.29 is 13.2 Å². The number of hydrogen-bond acceptors (Lipinski definition) is 5. The molecule has 0 saturated carbocycles. The maximum absolute atomic E-state index is 11.9. The van der Waals surface area contributed by atoms with Crippen LogP contribution in [0.4, 0.5) is 0 Å². The molecular weight excluding hydrogens is 254 g/mol. The van der Waals surface area contributed by atoms with Crippen LogP contribution in [0.2, 0.25) is 0 Å². The quantitative estimate of drug-likeness (QED) is 0.661. The molecule has 0 aromatic carbocycles. The highest BCUT2D eigenvalue weighted by molar-refractivity contribution is 7.91. The van der Waals surface area contributed by atoms with E-state index in [-0.39, 0.29) is 17.4 Å². The third-order valence-corrected chi connectivity index (χ3v) is 5.42. The molecule has 104 valence electrons. The van der Waals surface area contributed by atoms with E-state index in [9.17, 15) is 13.2 Å². The standard InChI is InChI=1S/C11H21N3O3S/c1-11(2-7-18(16,17)9-11)13-10(15)8-14-5-3-12-4-6-14/h12H,2-9H2,1H3,(H,13,15). The Morgan fingerprint density at radius 2 is 2.06 bits per heavy atom. The van der Waals surface area contributed by atoms with Gasteiger partial charge in [0.05, 0.1) is 23.6 Å². The van der Waals surface area contributed by atoms with Gasteiger partial charge in [-0.25, -0.2) is 8.42 Å². The fourth-order valence-electron chi connectivity index (χ4n) is 2.56. The lowest BCUT2D eigenvalue weighted by molar-refractivity contribution is -0.123. The zero-order chi connectivity index (χ0) is 13.2. The SMILES string of the molecule is CC1(NC(=O)CN2CCNCC2)CCS(=O)(=O)C1. The third-order valence-electron chi connectivity index (χ3n) is 3.52. The van der Waals surface area contributed by atoms with Crippen LogP contribution < -0.4 is 10.6 Å². The monoisotopic (exact) mass is 275 g/mol. The van der Waals surface area contributed by atoms with Gasteiger partial charge >= 0.3 is 0 Å². The Balaban J connectivity index is 1.84. The number of rotatable bonds is 3. The van der Waals surface area contributed by atoms with Crippen LogP contribution >= 0.6 is 0 Å². The third kappa shape index (κ3) is 3.66. The number of piperazine rings is 1. The van der Waals surface area contributed by atoms with Crippen molar-refractivity contribution in [2.45, 2.75) is 18.9 Å². The zero-order valence-electron chi connectivity index (χ0n) is 10.7. The highest BCUT2D eigenvalue weighted by Gasteiger charge is 2.39. The van der Waals surface area contributed by atoms with Gasteiger partial charge in [0.1, 0.15) is 0 Å². The molecule has 2 aliphatic rings. The molecule has 2 saturated heterocycles. The van der Waals surface area contributed by atoms with E-state index in [0.717, 1.165) is 26.2 Å². The zero-order valence-corrected chi connectivity index (χ0v) is 11.6. The minimum Gasteiger partial charge on any atom is -0.349 e. The van der Waals surface area contributed by atoms with Crippen molar-refractivity contribution in [3.8, 4) is 0 Å². The van der Waals surface area contributed by atoms with Gasteiger partial charge in [-0.1, -0.05) is 0 Å². The van der Waals surface area contributed by atoms with Crippen LogP contribution in [0.25, 0.3) is 0 Å². The van der Waals surface area contributed by atoms with Gasteiger partial charge < -0.3 is 10.6 Å². The van der Waals surface area contributed by atoms with Crippen LogP contribution in [0.3, 0.4) is 0 Å². The Labute approximate surface area is 108 Å². The van der Waals surface area contributed by atoms with Crippen molar-refractivity contribution in [2.24, 2.45) is 0 Å². The number of hydrogen-bond donors (Lipinski definition) is 2. The molecule has 2 N–H and O–H groups in total. The van der Waals surface area contributed by atoms with Gasteiger partial charge in [0, 0.05) is 26.2 Å². The molecule has 0 aromatic heterocycles. The molecule has 1 atom stereocenters. The summed E-state index contributed by atoms with van der Waals surface area (Å²) in [6.45, 7) is 5.70. The maximum atomic E-state index is 11.9. The van der Waals surface area contributed by atoms with E-state index in [2.05, 4.69) is 15.5 Å². The van der Waals surface area contributed by atoms with Crippen molar-refractivity contribution in [3.63, 3.8) is 0 Å². The Morgan fingerprint density at radius 1 is 1.39 bits per heavy atom. The van der Waals surface area contributed by atoms with E-state index in [0.29, 0.717) is 13.0 Å². The van der Waals surface area contributed by atoms with Crippen LogP contribution in [0, 0.1) is 0 Å². The maximum Gasteiger partial charge on any atom is 0.234 e. The largest absolute Gasteiger partial charge is 0.349 e. The first kappa shape index (κ1) is 13.8. The van der Waals surface area contributed by atoms with Crippen molar-refractivity contribution in [2.75, 3.05) is 44.2 Å². The molecule has 2 heterocycles. The van der Waals surface area contributed by atoms with Crippen LogP contribution in [0.1, 0.15) is 13.3 Å². The minimum absolute atomic E-state index is 0.0628. The highest BCUT2D eigenvalue weighted by atomic mass is 32.2. The van der Waals surface area contributed by atoms with Crippen molar-refractivity contribution >= 4 is 15.7 Å². The molecule has 2 aliphatic heterocycles. The van der Waals surface area contributed by atoms with Gasteiger partial charge in [0.2, 0.25) is 5.91 Å². The summed E-state index contributed by atoms with van der Waals surface area (Å²) >= 11 is 0. The molecule has 0 spiro atoms. The van der Waals surface area contributed by atoms with Crippen molar-refractivity contribution in [3.05, 3.63) is 0 Å². The molecule has 1 amide bonds.